The zero-order valence-corrected chi connectivity index (χ0v) is 11.7. The van der Waals surface area contributed by atoms with E-state index in [0.717, 1.165) is 0 Å². The molecule has 0 aromatic rings. The summed E-state index contributed by atoms with van der Waals surface area (Å²) in [5, 5.41) is 0.314. The molecule has 2 nitrogen and oxygen atoms in total. The Labute approximate surface area is 94.5 Å². The van der Waals surface area contributed by atoms with E-state index < -0.39 is 8.32 Å². The highest BCUT2D eigenvalue weighted by Crippen LogP contribution is 2.43. The first kappa shape index (κ1) is 11.6. The fraction of sp³-hybridized carbons (Fsp3) is 1.00. The van der Waals surface area contributed by atoms with Crippen LogP contribution in [0.1, 0.15) is 40.0 Å². The number of hydrogen-bond acceptors (Lipinski definition) is 2. The average Bonchev–Trinajstić information content (AvgIpc) is 2.80. The minimum absolute atomic E-state index is 0.314. The van der Waals surface area contributed by atoms with Crippen molar-refractivity contribution in [1.29, 1.82) is 0 Å². The predicted octanol–water partition coefficient (Wildman–Crippen LogP) is 3.33. The van der Waals surface area contributed by atoms with E-state index in [4.69, 9.17) is 9.16 Å². The molecule has 3 atom stereocenters. The summed E-state index contributed by atoms with van der Waals surface area (Å²) in [5.74, 6) is 0. The van der Waals surface area contributed by atoms with Gasteiger partial charge < -0.3 is 9.16 Å². The fourth-order valence-corrected chi connectivity index (χ4v) is 3.44. The van der Waals surface area contributed by atoms with Crippen molar-refractivity contribution in [2.75, 3.05) is 0 Å². The van der Waals surface area contributed by atoms with Gasteiger partial charge in [-0.05, 0) is 37.4 Å². The van der Waals surface area contributed by atoms with Gasteiger partial charge in [0.2, 0.25) is 0 Å². The van der Waals surface area contributed by atoms with Crippen LogP contribution in [0.4, 0.5) is 0 Å². The number of rotatable bonds is 2. The van der Waals surface area contributed by atoms with Crippen molar-refractivity contribution in [3.8, 4) is 0 Å². The number of hydrogen-bond donors (Lipinski definition) is 0. The van der Waals surface area contributed by atoms with E-state index >= 15 is 0 Å². The summed E-state index contributed by atoms with van der Waals surface area (Å²) < 4.78 is 12.1. The largest absolute Gasteiger partial charge is 0.411 e. The molecule has 0 amide bonds. The molecule has 1 heterocycles. The molecular formula is C12H24O2Si. The van der Waals surface area contributed by atoms with Crippen LogP contribution in [0.25, 0.3) is 0 Å². The molecule has 0 aromatic heterocycles. The Kier molecular flexibility index (Phi) is 2.77. The van der Waals surface area contributed by atoms with Crippen LogP contribution in [0.15, 0.2) is 0 Å². The number of fused-ring (bicyclic) bond motifs is 1. The molecule has 1 saturated carbocycles. The Morgan fingerprint density at radius 1 is 1.20 bits per heavy atom. The van der Waals surface area contributed by atoms with E-state index in [1.165, 1.54) is 19.3 Å². The topological polar surface area (TPSA) is 21.8 Å². The summed E-state index contributed by atoms with van der Waals surface area (Å²) >= 11 is 0. The lowest BCUT2D eigenvalue weighted by Gasteiger charge is -2.39. The molecule has 0 aromatic carbocycles. The standard InChI is InChI=1S/C12H24O2Si/c1-12(2,3)15(4,5)14-10-8-6-7-9-11(10)13-9/h9-11H,6-8H2,1-5H3/t9-,10-,11-/m1/s1. The molecule has 0 N–H and O–H groups in total. The van der Waals surface area contributed by atoms with Crippen LogP contribution < -0.4 is 0 Å². The quantitative estimate of drug-likeness (QED) is 0.534. The molecule has 2 fully saturated rings. The predicted molar refractivity (Wildman–Crippen MR) is 64.6 cm³/mol. The molecule has 88 valence electrons. The van der Waals surface area contributed by atoms with Gasteiger partial charge in [-0.25, -0.2) is 0 Å². The smallest absolute Gasteiger partial charge is 0.192 e. The minimum atomic E-state index is -1.59. The Hall–Kier alpha value is 0.137. The van der Waals surface area contributed by atoms with Gasteiger partial charge >= 0.3 is 0 Å². The second-order valence-electron chi connectivity index (χ2n) is 6.49. The molecule has 0 radical (unpaired) electrons. The molecule has 0 bridgehead atoms. The Morgan fingerprint density at radius 3 is 2.47 bits per heavy atom. The van der Waals surface area contributed by atoms with Gasteiger partial charge in [0.1, 0.15) is 6.10 Å². The Morgan fingerprint density at radius 2 is 1.87 bits per heavy atom. The summed E-state index contributed by atoms with van der Waals surface area (Å²) in [6.07, 6.45) is 5.10. The number of epoxide rings is 1. The lowest BCUT2D eigenvalue weighted by molar-refractivity contribution is 0.132. The van der Waals surface area contributed by atoms with E-state index in [1.807, 2.05) is 0 Å². The molecule has 2 aliphatic rings. The van der Waals surface area contributed by atoms with Gasteiger partial charge in [-0.15, -0.1) is 0 Å². The average molecular weight is 228 g/mol. The van der Waals surface area contributed by atoms with Gasteiger partial charge in [0, 0.05) is 0 Å². The molecule has 1 saturated heterocycles. The van der Waals surface area contributed by atoms with E-state index in [1.54, 1.807) is 0 Å². The first-order chi connectivity index (χ1) is 6.81. The van der Waals surface area contributed by atoms with Gasteiger partial charge in [-0.1, -0.05) is 20.8 Å². The molecule has 2 rings (SSSR count). The van der Waals surface area contributed by atoms with Crippen molar-refractivity contribution in [2.24, 2.45) is 0 Å². The van der Waals surface area contributed by atoms with Gasteiger partial charge in [0.15, 0.2) is 8.32 Å². The lowest BCUT2D eigenvalue weighted by atomic mass is 9.98. The molecular weight excluding hydrogens is 204 g/mol. The maximum atomic E-state index is 6.41. The van der Waals surface area contributed by atoms with Crippen molar-refractivity contribution >= 4 is 8.32 Å². The summed E-state index contributed by atoms with van der Waals surface area (Å²) in [7, 11) is -1.59. The number of ether oxygens (including phenoxy) is 1. The van der Waals surface area contributed by atoms with Crippen LogP contribution in [0.5, 0.6) is 0 Å². The van der Waals surface area contributed by atoms with Crippen molar-refractivity contribution < 1.29 is 9.16 Å². The summed E-state index contributed by atoms with van der Waals surface area (Å²) in [4.78, 5) is 0. The lowest BCUT2D eigenvalue weighted by Crippen LogP contribution is -2.46. The SMILES string of the molecule is CC(C)(C)[Si](C)(C)O[C@@H]1CCC[C@H]2O[C@H]21. The van der Waals surface area contributed by atoms with Gasteiger partial charge in [0.25, 0.3) is 0 Å². The normalized spacial score (nSPS) is 36.2. The minimum Gasteiger partial charge on any atom is -0.411 e. The fourth-order valence-electron chi connectivity index (χ4n) is 2.08. The van der Waals surface area contributed by atoms with Crippen molar-refractivity contribution in [3.05, 3.63) is 0 Å². The third kappa shape index (κ3) is 2.29. The van der Waals surface area contributed by atoms with Gasteiger partial charge in [-0.2, -0.15) is 0 Å². The maximum absolute atomic E-state index is 6.41. The zero-order chi connectivity index (χ0) is 11.3. The van der Waals surface area contributed by atoms with Gasteiger partial charge in [0.05, 0.1) is 12.2 Å². The molecule has 1 aliphatic carbocycles. The highest BCUT2D eigenvalue weighted by atomic mass is 28.4. The third-order valence-electron chi connectivity index (χ3n) is 4.22. The maximum Gasteiger partial charge on any atom is 0.192 e. The van der Waals surface area contributed by atoms with Crippen LogP contribution in [0.2, 0.25) is 18.1 Å². The van der Waals surface area contributed by atoms with Crippen molar-refractivity contribution in [2.45, 2.75) is 76.5 Å². The highest BCUT2D eigenvalue weighted by Gasteiger charge is 2.51. The van der Waals surface area contributed by atoms with Crippen LogP contribution in [-0.4, -0.2) is 26.6 Å². The molecule has 0 spiro atoms. The van der Waals surface area contributed by atoms with E-state index in [-0.39, 0.29) is 0 Å². The first-order valence-corrected chi connectivity index (χ1v) is 9.05. The second kappa shape index (κ2) is 3.57. The monoisotopic (exact) mass is 228 g/mol. The molecule has 15 heavy (non-hydrogen) atoms. The first-order valence-electron chi connectivity index (χ1n) is 6.14. The van der Waals surface area contributed by atoms with Crippen LogP contribution >= 0.6 is 0 Å². The third-order valence-corrected chi connectivity index (χ3v) is 8.72. The molecule has 3 heteroatoms. The summed E-state index contributed by atoms with van der Waals surface area (Å²) in [5.41, 5.74) is 0. The van der Waals surface area contributed by atoms with E-state index in [0.29, 0.717) is 23.4 Å². The Bertz CT molecular complexity index is 244. The summed E-state index contributed by atoms with van der Waals surface area (Å²) in [6, 6.07) is 0. The van der Waals surface area contributed by atoms with Crippen molar-refractivity contribution in [1.82, 2.24) is 0 Å². The van der Waals surface area contributed by atoms with E-state index in [2.05, 4.69) is 33.9 Å². The molecule has 1 aliphatic heterocycles. The van der Waals surface area contributed by atoms with Crippen LogP contribution in [0.3, 0.4) is 0 Å². The Balaban J connectivity index is 1.96. The molecule has 0 unspecified atom stereocenters. The second-order valence-corrected chi connectivity index (χ2v) is 11.2. The van der Waals surface area contributed by atoms with Crippen LogP contribution in [0, 0.1) is 0 Å². The van der Waals surface area contributed by atoms with Crippen molar-refractivity contribution in [3.63, 3.8) is 0 Å². The summed E-state index contributed by atoms with van der Waals surface area (Å²) in [6.45, 7) is 11.6. The van der Waals surface area contributed by atoms with Crippen LogP contribution in [-0.2, 0) is 9.16 Å². The zero-order valence-electron chi connectivity index (χ0n) is 10.7. The highest BCUT2D eigenvalue weighted by molar-refractivity contribution is 6.74. The van der Waals surface area contributed by atoms with Gasteiger partial charge in [-0.3, -0.25) is 0 Å². The van der Waals surface area contributed by atoms with E-state index in [9.17, 15) is 0 Å².